The number of urea groups is 1. The van der Waals surface area contributed by atoms with Gasteiger partial charge in [-0.25, -0.2) is 4.79 Å². The maximum absolute atomic E-state index is 12.2. The van der Waals surface area contributed by atoms with Gasteiger partial charge in [0, 0.05) is 18.6 Å². The van der Waals surface area contributed by atoms with E-state index < -0.39 is 17.9 Å². The second kappa shape index (κ2) is 5.06. The fraction of sp³-hybridized carbons (Fsp3) is 0.750. The molecule has 6 heteroatoms. The SMILES string of the molecule is CCC1C(=O)NC(=O)N(C2CCOCC2C)C1=O. The minimum atomic E-state index is -0.738. The summed E-state index contributed by atoms with van der Waals surface area (Å²) in [6.07, 6.45) is 1.04. The van der Waals surface area contributed by atoms with Crippen LogP contribution in [0.25, 0.3) is 0 Å². The summed E-state index contributed by atoms with van der Waals surface area (Å²) in [5.74, 6) is -1.50. The number of nitrogens with zero attached hydrogens (tertiary/aromatic N) is 1. The number of carbonyl (C=O) groups is 3. The first-order valence-corrected chi connectivity index (χ1v) is 6.32. The van der Waals surface area contributed by atoms with Crippen LogP contribution in [-0.2, 0) is 14.3 Å². The molecule has 2 rings (SSSR count). The Kier molecular flexibility index (Phi) is 3.65. The maximum atomic E-state index is 12.2. The van der Waals surface area contributed by atoms with E-state index in [-0.39, 0.29) is 17.9 Å². The van der Waals surface area contributed by atoms with Crippen LogP contribution in [0.1, 0.15) is 26.7 Å². The molecule has 3 atom stereocenters. The third kappa shape index (κ3) is 2.12. The lowest BCUT2D eigenvalue weighted by Gasteiger charge is -2.40. The molecule has 2 saturated heterocycles. The largest absolute Gasteiger partial charge is 0.381 e. The highest BCUT2D eigenvalue weighted by Crippen LogP contribution is 2.25. The van der Waals surface area contributed by atoms with Gasteiger partial charge in [0.25, 0.3) is 0 Å². The Morgan fingerprint density at radius 1 is 1.39 bits per heavy atom. The smallest absolute Gasteiger partial charge is 0.331 e. The molecule has 0 aromatic rings. The molecule has 2 aliphatic rings. The normalized spacial score (nSPS) is 33.6. The van der Waals surface area contributed by atoms with Gasteiger partial charge in [-0.3, -0.25) is 19.8 Å². The Bertz CT molecular complexity index is 382. The summed E-state index contributed by atoms with van der Waals surface area (Å²) in [4.78, 5) is 36.9. The number of hydrogen-bond donors (Lipinski definition) is 1. The summed E-state index contributed by atoms with van der Waals surface area (Å²) < 4.78 is 5.31. The molecule has 2 heterocycles. The first-order valence-electron chi connectivity index (χ1n) is 6.32. The highest BCUT2D eigenvalue weighted by molar-refractivity contribution is 6.16. The van der Waals surface area contributed by atoms with E-state index in [0.29, 0.717) is 26.1 Å². The van der Waals surface area contributed by atoms with E-state index >= 15 is 0 Å². The van der Waals surface area contributed by atoms with Crippen molar-refractivity contribution < 1.29 is 19.1 Å². The van der Waals surface area contributed by atoms with E-state index in [2.05, 4.69) is 5.32 Å². The van der Waals surface area contributed by atoms with Gasteiger partial charge >= 0.3 is 6.03 Å². The maximum Gasteiger partial charge on any atom is 0.331 e. The minimum absolute atomic E-state index is 0.0964. The van der Waals surface area contributed by atoms with Crippen LogP contribution in [0.2, 0.25) is 0 Å². The Morgan fingerprint density at radius 2 is 2.11 bits per heavy atom. The average molecular weight is 254 g/mol. The van der Waals surface area contributed by atoms with Crippen LogP contribution in [0.5, 0.6) is 0 Å². The van der Waals surface area contributed by atoms with E-state index in [1.807, 2.05) is 6.92 Å². The lowest BCUT2D eigenvalue weighted by Crippen LogP contribution is -2.62. The van der Waals surface area contributed by atoms with Gasteiger partial charge in [-0.05, 0) is 12.8 Å². The molecular formula is C12H18N2O4. The van der Waals surface area contributed by atoms with Crippen molar-refractivity contribution in [2.75, 3.05) is 13.2 Å². The molecule has 0 saturated carbocycles. The quantitative estimate of drug-likeness (QED) is 0.729. The van der Waals surface area contributed by atoms with Gasteiger partial charge in [0.1, 0.15) is 5.92 Å². The van der Waals surface area contributed by atoms with E-state index in [9.17, 15) is 14.4 Å². The molecule has 4 amide bonds. The lowest BCUT2D eigenvalue weighted by molar-refractivity contribution is -0.146. The standard InChI is InChI=1S/C12H18N2O4/c1-3-8-10(15)13-12(17)14(11(8)16)9-4-5-18-6-7(9)2/h7-9H,3-6H2,1-2H3,(H,13,15,17). The molecule has 3 unspecified atom stereocenters. The predicted octanol–water partition coefficient (Wildman–Crippen LogP) is 0.516. The van der Waals surface area contributed by atoms with Crippen molar-refractivity contribution in [1.29, 1.82) is 0 Å². The monoisotopic (exact) mass is 254 g/mol. The van der Waals surface area contributed by atoms with Crippen LogP contribution < -0.4 is 5.32 Å². The van der Waals surface area contributed by atoms with E-state index in [0.717, 1.165) is 0 Å². The van der Waals surface area contributed by atoms with Crippen molar-refractivity contribution in [2.45, 2.75) is 32.7 Å². The molecule has 100 valence electrons. The number of imide groups is 2. The molecular weight excluding hydrogens is 236 g/mol. The van der Waals surface area contributed by atoms with Crippen LogP contribution in [0.15, 0.2) is 0 Å². The second-order valence-corrected chi connectivity index (χ2v) is 4.87. The summed E-state index contributed by atoms with van der Waals surface area (Å²) in [5.41, 5.74) is 0. The molecule has 0 bridgehead atoms. The summed E-state index contributed by atoms with van der Waals surface area (Å²) in [5, 5.41) is 2.27. The minimum Gasteiger partial charge on any atom is -0.381 e. The number of nitrogens with one attached hydrogen (secondary N) is 1. The summed E-state index contributed by atoms with van der Waals surface area (Å²) in [7, 11) is 0. The third-order valence-corrected chi connectivity index (χ3v) is 3.64. The molecule has 0 radical (unpaired) electrons. The highest BCUT2D eigenvalue weighted by Gasteiger charge is 2.44. The topological polar surface area (TPSA) is 75.7 Å². The van der Waals surface area contributed by atoms with Crippen LogP contribution in [-0.4, -0.2) is 42.0 Å². The first kappa shape index (κ1) is 13.0. The van der Waals surface area contributed by atoms with Gasteiger partial charge in [-0.15, -0.1) is 0 Å². The second-order valence-electron chi connectivity index (χ2n) is 4.87. The summed E-state index contributed by atoms with van der Waals surface area (Å²) in [6, 6.07) is -0.762. The highest BCUT2D eigenvalue weighted by atomic mass is 16.5. The van der Waals surface area contributed by atoms with Crippen molar-refractivity contribution in [2.24, 2.45) is 11.8 Å². The number of barbiturate groups is 1. The lowest BCUT2D eigenvalue weighted by atomic mass is 9.93. The van der Waals surface area contributed by atoms with Gasteiger partial charge in [-0.1, -0.05) is 13.8 Å². The van der Waals surface area contributed by atoms with Crippen LogP contribution in [0.4, 0.5) is 4.79 Å². The Balaban J connectivity index is 2.22. The zero-order valence-corrected chi connectivity index (χ0v) is 10.6. The molecule has 6 nitrogen and oxygen atoms in total. The Hall–Kier alpha value is -1.43. The van der Waals surface area contributed by atoms with E-state index in [4.69, 9.17) is 4.74 Å². The van der Waals surface area contributed by atoms with Gasteiger partial charge in [0.15, 0.2) is 0 Å². The van der Waals surface area contributed by atoms with Gasteiger partial charge < -0.3 is 4.74 Å². The number of amides is 4. The summed E-state index contributed by atoms with van der Waals surface area (Å²) in [6.45, 7) is 4.79. The molecule has 0 aromatic carbocycles. The molecule has 18 heavy (non-hydrogen) atoms. The number of hydrogen-bond acceptors (Lipinski definition) is 4. The van der Waals surface area contributed by atoms with Gasteiger partial charge in [0.05, 0.1) is 6.61 Å². The molecule has 2 aliphatic heterocycles. The van der Waals surface area contributed by atoms with Crippen LogP contribution >= 0.6 is 0 Å². The summed E-state index contributed by atoms with van der Waals surface area (Å²) >= 11 is 0. The molecule has 0 aliphatic carbocycles. The van der Waals surface area contributed by atoms with Crippen molar-refractivity contribution in [1.82, 2.24) is 10.2 Å². The fourth-order valence-electron chi connectivity index (χ4n) is 2.56. The van der Waals surface area contributed by atoms with Crippen molar-refractivity contribution >= 4 is 17.8 Å². The van der Waals surface area contributed by atoms with E-state index in [1.54, 1.807) is 6.92 Å². The molecule has 0 spiro atoms. The van der Waals surface area contributed by atoms with Crippen LogP contribution in [0, 0.1) is 11.8 Å². The number of rotatable bonds is 2. The van der Waals surface area contributed by atoms with Crippen LogP contribution in [0.3, 0.4) is 0 Å². The number of carbonyl (C=O) groups excluding carboxylic acids is 3. The van der Waals surface area contributed by atoms with Crippen molar-refractivity contribution in [3.8, 4) is 0 Å². The van der Waals surface area contributed by atoms with Gasteiger partial charge in [-0.2, -0.15) is 0 Å². The van der Waals surface area contributed by atoms with Crippen molar-refractivity contribution in [3.05, 3.63) is 0 Å². The van der Waals surface area contributed by atoms with Gasteiger partial charge in [0.2, 0.25) is 11.8 Å². The third-order valence-electron chi connectivity index (χ3n) is 3.64. The molecule has 1 N–H and O–H groups in total. The Morgan fingerprint density at radius 3 is 2.72 bits per heavy atom. The Labute approximate surface area is 106 Å². The molecule has 2 fully saturated rings. The zero-order valence-electron chi connectivity index (χ0n) is 10.6. The van der Waals surface area contributed by atoms with E-state index in [1.165, 1.54) is 4.90 Å². The first-order chi connectivity index (χ1) is 8.56. The van der Waals surface area contributed by atoms with Crippen molar-refractivity contribution in [3.63, 3.8) is 0 Å². The predicted molar refractivity (Wildman–Crippen MR) is 62.6 cm³/mol. The number of ether oxygens (including phenoxy) is 1. The average Bonchev–Trinajstić information content (AvgIpc) is 2.31. The fourth-order valence-corrected chi connectivity index (χ4v) is 2.56. The molecule has 0 aromatic heterocycles. The zero-order chi connectivity index (χ0) is 13.3.